The van der Waals surface area contributed by atoms with E-state index in [1.807, 2.05) is 0 Å². The predicted octanol–water partition coefficient (Wildman–Crippen LogP) is 3.20. The SMILES string of the molecule is O[Si](O)(O)O[Si](O)(O)CCCCCCCCCCCCCCCCBr. The fourth-order valence-electron chi connectivity index (χ4n) is 2.84. The van der Waals surface area contributed by atoms with Gasteiger partial charge >= 0.3 is 17.9 Å². The van der Waals surface area contributed by atoms with Crippen LogP contribution in [0.15, 0.2) is 0 Å². The molecule has 9 heteroatoms. The molecule has 0 aliphatic heterocycles. The van der Waals surface area contributed by atoms with Crippen LogP contribution in [-0.4, -0.2) is 47.2 Å². The molecule has 5 N–H and O–H groups in total. The van der Waals surface area contributed by atoms with Crippen molar-refractivity contribution in [2.45, 2.75) is 95.9 Å². The number of halogens is 1. The maximum Gasteiger partial charge on any atom is 0.663 e. The van der Waals surface area contributed by atoms with E-state index in [-0.39, 0.29) is 6.04 Å². The summed E-state index contributed by atoms with van der Waals surface area (Å²) in [6.45, 7) is 0. The lowest BCUT2D eigenvalue weighted by molar-refractivity contribution is 0.0828. The molecule has 0 radical (unpaired) electrons. The van der Waals surface area contributed by atoms with Gasteiger partial charge in [0.25, 0.3) is 0 Å². The van der Waals surface area contributed by atoms with Crippen molar-refractivity contribution in [3.63, 3.8) is 0 Å². The minimum Gasteiger partial charge on any atom is -0.390 e. The van der Waals surface area contributed by atoms with Gasteiger partial charge in [0.05, 0.1) is 0 Å². The van der Waals surface area contributed by atoms with E-state index in [9.17, 15) is 9.59 Å². The second-order valence-corrected chi connectivity index (χ2v) is 11.6. The average Bonchev–Trinajstić information content (AvgIpc) is 2.48. The topological polar surface area (TPSA) is 110 Å². The van der Waals surface area contributed by atoms with Crippen LogP contribution in [-0.2, 0) is 4.12 Å². The Kier molecular flexibility index (Phi) is 16.1. The molecular formula is C16H37BrO6Si2. The lowest BCUT2D eigenvalue weighted by Crippen LogP contribution is -2.53. The van der Waals surface area contributed by atoms with Gasteiger partial charge in [0.2, 0.25) is 0 Å². The Hall–Kier alpha value is 0.674. The number of alkyl halides is 1. The Bertz CT molecular complexity index is 303. The first-order chi connectivity index (χ1) is 11.8. The lowest BCUT2D eigenvalue weighted by atomic mass is 10.0. The first-order valence-corrected chi connectivity index (χ1v) is 14.5. The van der Waals surface area contributed by atoms with Gasteiger partial charge in [-0.15, -0.1) is 0 Å². The Morgan fingerprint density at radius 2 is 0.840 bits per heavy atom. The highest BCUT2D eigenvalue weighted by atomic mass is 79.9. The van der Waals surface area contributed by atoms with Crippen molar-refractivity contribution < 1.29 is 28.1 Å². The van der Waals surface area contributed by atoms with Gasteiger partial charge in [-0.3, -0.25) is 0 Å². The van der Waals surface area contributed by atoms with Crippen LogP contribution in [0.4, 0.5) is 0 Å². The summed E-state index contributed by atoms with van der Waals surface area (Å²) >= 11 is 3.45. The molecule has 0 atom stereocenters. The van der Waals surface area contributed by atoms with E-state index < -0.39 is 17.9 Å². The zero-order valence-electron chi connectivity index (χ0n) is 15.3. The highest BCUT2D eigenvalue weighted by Gasteiger charge is 2.45. The molecule has 152 valence electrons. The van der Waals surface area contributed by atoms with E-state index in [0.717, 1.165) is 24.6 Å². The molecule has 0 aromatic heterocycles. The Morgan fingerprint density at radius 3 is 1.16 bits per heavy atom. The van der Waals surface area contributed by atoms with Crippen LogP contribution in [0.1, 0.15) is 89.9 Å². The molecule has 0 aromatic rings. The third-order valence-electron chi connectivity index (χ3n) is 4.19. The molecule has 0 aliphatic carbocycles. The number of rotatable bonds is 18. The van der Waals surface area contributed by atoms with E-state index >= 15 is 0 Å². The van der Waals surface area contributed by atoms with Crippen molar-refractivity contribution in [3.8, 4) is 0 Å². The van der Waals surface area contributed by atoms with E-state index in [0.29, 0.717) is 6.42 Å². The fraction of sp³-hybridized carbons (Fsp3) is 1.00. The zero-order chi connectivity index (χ0) is 19.0. The molecule has 6 nitrogen and oxygen atoms in total. The Labute approximate surface area is 163 Å². The van der Waals surface area contributed by atoms with Gasteiger partial charge < -0.3 is 28.1 Å². The summed E-state index contributed by atoms with van der Waals surface area (Å²) in [5.41, 5.74) is 0. The summed E-state index contributed by atoms with van der Waals surface area (Å²) in [5.74, 6) is 0. The van der Waals surface area contributed by atoms with Gasteiger partial charge in [-0.2, -0.15) is 0 Å². The molecule has 0 aliphatic rings. The van der Waals surface area contributed by atoms with Crippen molar-refractivity contribution in [3.05, 3.63) is 0 Å². The molecule has 0 unspecified atom stereocenters. The molecule has 0 saturated carbocycles. The molecule has 0 amide bonds. The van der Waals surface area contributed by atoms with Crippen LogP contribution < -0.4 is 0 Å². The maximum atomic E-state index is 9.48. The Morgan fingerprint density at radius 1 is 0.520 bits per heavy atom. The van der Waals surface area contributed by atoms with Crippen LogP contribution in [0, 0.1) is 0 Å². The summed E-state index contributed by atoms with van der Waals surface area (Å²) < 4.78 is 4.20. The molecule has 0 rings (SSSR count). The van der Waals surface area contributed by atoms with Gasteiger partial charge in [0.15, 0.2) is 0 Å². The smallest absolute Gasteiger partial charge is 0.390 e. The van der Waals surface area contributed by atoms with Gasteiger partial charge in [-0.1, -0.05) is 93.0 Å². The minimum absolute atomic E-state index is 0.0148. The number of hydrogen-bond donors (Lipinski definition) is 5. The third kappa shape index (κ3) is 20.8. The molecule has 0 saturated heterocycles. The van der Waals surface area contributed by atoms with E-state index in [2.05, 4.69) is 20.0 Å². The van der Waals surface area contributed by atoms with Crippen molar-refractivity contribution >= 4 is 33.8 Å². The van der Waals surface area contributed by atoms with Crippen LogP contribution in [0.2, 0.25) is 6.04 Å². The summed E-state index contributed by atoms with van der Waals surface area (Å²) in [6, 6.07) is -0.0148. The largest absolute Gasteiger partial charge is 0.663 e. The van der Waals surface area contributed by atoms with Crippen LogP contribution in [0.25, 0.3) is 0 Å². The fourth-order valence-corrected chi connectivity index (χ4v) is 6.11. The first kappa shape index (κ1) is 25.7. The van der Waals surface area contributed by atoms with E-state index in [1.165, 1.54) is 64.2 Å². The van der Waals surface area contributed by atoms with Crippen LogP contribution in [0.5, 0.6) is 0 Å². The summed E-state index contributed by atoms with van der Waals surface area (Å²) in [6.07, 6.45) is 16.7. The second kappa shape index (κ2) is 15.7. The average molecular weight is 462 g/mol. The quantitative estimate of drug-likeness (QED) is 0.122. The summed E-state index contributed by atoms with van der Waals surface area (Å²) in [4.78, 5) is 45.1. The number of hydrogen-bond acceptors (Lipinski definition) is 6. The summed E-state index contributed by atoms with van der Waals surface area (Å²) in [7, 11) is -8.98. The normalized spacial score (nSPS) is 12.7. The monoisotopic (exact) mass is 460 g/mol. The van der Waals surface area contributed by atoms with Gasteiger partial charge in [-0.25, -0.2) is 0 Å². The standard InChI is InChI=1S/C16H37BrO6Si2/c17-15-13-11-9-7-5-3-1-2-4-6-8-10-12-14-16-24(18,19)23-25(20,21)22/h18-22H,1-16H2. The van der Waals surface area contributed by atoms with Gasteiger partial charge in [0.1, 0.15) is 0 Å². The minimum atomic E-state index is -4.84. The molecule has 25 heavy (non-hydrogen) atoms. The highest BCUT2D eigenvalue weighted by Crippen LogP contribution is 2.16. The van der Waals surface area contributed by atoms with Crippen LogP contribution >= 0.6 is 15.9 Å². The molecule has 0 fully saturated rings. The van der Waals surface area contributed by atoms with E-state index in [4.69, 9.17) is 14.4 Å². The maximum absolute atomic E-state index is 9.48. The molecule has 0 spiro atoms. The number of unbranched alkanes of at least 4 members (excludes halogenated alkanes) is 13. The van der Waals surface area contributed by atoms with Crippen LogP contribution in [0.3, 0.4) is 0 Å². The predicted molar refractivity (Wildman–Crippen MR) is 107 cm³/mol. The third-order valence-corrected chi connectivity index (χ3v) is 8.16. The van der Waals surface area contributed by atoms with Gasteiger partial charge in [0, 0.05) is 11.4 Å². The van der Waals surface area contributed by atoms with Crippen molar-refractivity contribution in [2.75, 3.05) is 5.33 Å². The Balaban J connectivity index is 3.26. The van der Waals surface area contributed by atoms with Gasteiger partial charge in [-0.05, 0) is 12.8 Å². The first-order valence-electron chi connectivity index (χ1n) is 9.65. The zero-order valence-corrected chi connectivity index (χ0v) is 18.9. The lowest BCUT2D eigenvalue weighted by Gasteiger charge is -2.21. The summed E-state index contributed by atoms with van der Waals surface area (Å²) in [5, 5.41) is 1.12. The molecule has 0 bridgehead atoms. The second-order valence-electron chi connectivity index (χ2n) is 6.81. The highest BCUT2D eigenvalue weighted by molar-refractivity contribution is 9.09. The van der Waals surface area contributed by atoms with Crippen molar-refractivity contribution in [2.24, 2.45) is 0 Å². The van der Waals surface area contributed by atoms with Crippen molar-refractivity contribution in [1.29, 1.82) is 0 Å². The molecular weight excluding hydrogens is 424 g/mol. The van der Waals surface area contributed by atoms with Crippen molar-refractivity contribution in [1.82, 2.24) is 0 Å². The van der Waals surface area contributed by atoms with E-state index in [1.54, 1.807) is 0 Å². The molecule has 0 heterocycles. The molecule has 0 aromatic carbocycles.